The van der Waals surface area contributed by atoms with E-state index in [0.29, 0.717) is 11.4 Å². The zero-order valence-electron chi connectivity index (χ0n) is 13.2. The molecule has 8 heteroatoms. The zero-order valence-corrected chi connectivity index (χ0v) is 13.2. The number of ether oxygens (including phenoxy) is 3. The number of halogens is 2. The number of anilines is 1. The van der Waals surface area contributed by atoms with E-state index in [2.05, 4.69) is 10.1 Å². The lowest BCUT2D eigenvalue weighted by atomic mass is 10.2. The van der Waals surface area contributed by atoms with E-state index >= 15 is 0 Å². The lowest BCUT2D eigenvalue weighted by Gasteiger charge is -2.08. The zero-order chi connectivity index (χ0) is 18.2. The molecule has 1 N–H and O–H groups in total. The van der Waals surface area contributed by atoms with E-state index in [1.54, 1.807) is 12.1 Å². The Hall–Kier alpha value is -3.16. The Labute approximate surface area is 142 Å². The van der Waals surface area contributed by atoms with Crippen LogP contribution in [0.15, 0.2) is 48.5 Å². The Morgan fingerprint density at radius 1 is 1.00 bits per heavy atom. The number of benzene rings is 2. The molecule has 0 aliphatic heterocycles. The predicted octanol–water partition coefficient (Wildman–Crippen LogP) is 3.09. The van der Waals surface area contributed by atoms with Crippen LogP contribution >= 0.6 is 0 Å². The van der Waals surface area contributed by atoms with Crippen molar-refractivity contribution >= 4 is 17.6 Å². The van der Waals surface area contributed by atoms with Crippen molar-refractivity contribution in [2.45, 2.75) is 6.61 Å². The summed E-state index contributed by atoms with van der Waals surface area (Å²) in [6, 6.07) is 11.6. The highest BCUT2D eigenvalue weighted by Gasteiger charge is 2.11. The Balaban J connectivity index is 1.82. The number of carbonyl (C=O) groups is 2. The smallest absolute Gasteiger partial charge is 0.387 e. The average Bonchev–Trinajstić information content (AvgIpc) is 2.61. The molecular weight excluding hydrogens is 336 g/mol. The lowest BCUT2D eigenvalue weighted by Crippen LogP contribution is -2.20. The third-order valence-corrected chi connectivity index (χ3v) is 3.02. The monoisotopic (exact) mass is 351 g/mol. The van der Waals surface area contributed by atoms with Crippen molar-refractivity contribution in [2.75, 3.05) is 19.0 Å². The summed E-state index contributed by atoms with van der Waals surface area (Å²) in [6.07, 6.45) is 0. The first-order chi connectivity index (χ1) is 12.0. The molecule has 2 aromatic rings. The second-order valence-corrected chi connectivity index (χ2v) is 4.76. The van der Waals surface area contributed by atoms with Gasteiger partial charge in [-0.3, -0.25) is 4.79 Å². The number of alkyl halides is 2. The van der Waals surface area contributed by atoms with Gasteiger partial charge in [-0.15, -0.1) is 0 Å². The fraction of sp³-hybridized carbons (Fsp3) is 0.176. The largest absolute Gasteiger partial charge is 0.497 e. The standard InChI is InChI=1S/C17H15F2NO5/c1-23-13-6-2-11(3-7-13)16(22)24-10-15(21)20-12-4-8-14(9-5-12)25-17(18)19/h2-9,17H,10H2,1H3,(H,20,21). The molecule has 132 valence electrons. The van der Waals surface area contributed by atoms with Gasteiger partial charge in [0, 0.05) is 5.69 Å². The first-order valence-corrected chi connectivity index (χ1v) is 7.14. The van der Waals surface area contributed by atoms with Gasteiger partial charge in [0.15, 0.2) is 6.61 Å². The van der Waals surface area contributed by atoms with Crippen LogP contribution in [0.2, 0.25) is 0 Å². The number of nitrogens with one attached hydrogen (secondary N) is 1. The number of methoxy groups -OCH3 is 1. The molecule has 0 aliphatic rings. The van der Waals surface area contributed by atoms with Crippen molar-refractivity contribution in [3.63, 3.8) is 0 Å². The maximum atomic E-state index is 12.0. The van der Waals surface area contributed by atoms with Gasteiger partial charge in [-0.05, 0) is 48.5 Å². The number of hydrogen-bond donors (Lipinski definition) is 1. The van der Waals surface area contributed by atoms with E-state index in [4.69, 9.17) is 9.47 Å². The summed E-state index contributed by atoms with van der Waals surface area (Å²) in [7, 11) is 1.50. The van der Waals surface area contributed by atoms with Crippen molar-refractivity contribution in [3.05, 3.63) is 54.1 Å². The molecule has 25 heavy (non-hydrogen) atoms. The maximum absolute atomic E-state index is 12.0. The van der Waals surface area contributed by atoms with Crippen LogP contribution in [-0.2, 0) is 9.53 Å². The van der Waals surface area contributed by atoms with Crippen molar-refractivity contribution in [1.82, 2.24) is 0 Å². The number of hydrogen-bond acceptors (Lipinski definition) is 5. The Bertz CT molecular complexity index is 717. The van der Waals surface area contributed by atoms with E-state index in [9.17, 15) is 18.4 Å². The second-order valence-electron chi connectivity index (χ2n) is 4.76. The Morgan fingerprint density at radius 2 is 1.60 bits per heavy atom. The topological polar surface area (TPSA) is 73.9 Å². The number of rotatable bonds is 7. The SMILES string of the molecule is COc1ccc(C(=O)OCC(=O)Nc2ccc(OC(F)F)cc2)cc1. The molecule has 0 bridgehead atoms. The molecule has 1 amide bonds. The minimum Gasteiger partial charge on any atom is -0.497 e. The maximum Gasteiger partial charge on any atom is 0.387 e. The van der Waals surface area contributed by atoms with Crippen LogP contribution < -0.4 is 14.8 Å². The number of carbonyl (C=O) groups excluding carboxylic acids is 2. The fourth-order valence-corrected chi connectivity index (χ4v) is 1.86. The van der Waals surface area contributed by atoms with Crippen molar-refractivity contribution in [3.8, 4) is 11.5 Å². The van der Waals surface area contributed by atoms with Crippen molar-refractivity contribution in [2.24, 2.45) is 0 Å². The van der Waals surface area contributed by atoms with Crippen LogP contribution in [0.3, 0.4) is 0 Å². The van der Waals surface area contributed by atoms with Crippen molar-refractivity contribution in [1.29, 1.82) is 0 Å². The molecular formula is C17H15F2NO5. The highest BCUT2D eigenvalue weighted by Crippen LogP contribution is 2.17. The molecule has 2 rings (SSSR count). The molecule has 0 spiro atoms. The van der Waals surface area contributed by atoms with Gasteiger partial charge in [-0.1, -0.05) is 0 Å². The highest BCUT2D eigenvalue weighted by molar-refractivity contribution is 5.95. The van der Waals surface area contributed by atoms with Gasteiger partial charge in [0.05, 0.1) is 12.7 Å². The summed E-state index contributed by atoms with van der Waals surface area (Å²) in [5.41, 5.74) is 0.634. The normalized spacial score (nSPS) is 10.2. The number of esters is 1. The minimum atomic E-state index is -2.92. The number of amides is 1. The Kier molecular flexibility index (Phi) is 6.27. The molecule has 0 aliphatic carbocycles. The molecule has 0 unspecified atom stereocenters. The fourth-order valence-electron chi connectivity index (χ4n) is 1.86. The van der Waals surface area contributed by atoms with E-state index in [1.165, 1.54) is 43.5 Å². The summed E-state index contributed by atoms with van der Waals surface area (Å²) in [4.78, 5) is 23.6. The minimum absolute atomic E-state index is 0.0288. The molecule has 0 aromatic heterocycles. The summed E-state index contributed by atoms with van der Waals surface area (Å²) >= 11 is 0. The van der Waals surface area contributed by atoms with Crippen molar-refractivity contribution < 1.29 is 32.6 Å². The summed E-state index contributed by atoms with van der Waals surface area (Å²) < 4.78 is 38.2. The molecule has 2 aromatic carbocycles. The molecule has 0 heterocycles. The van der Waals surface area contributed by atoms with Gasteiger partial charge < -0.3 is 19.5 Å². The third-order valence-electron chi connectivity index (χ3n) is 3.02. The van der Waals surface area contributed by atoms with Gasteiger partial charge >= 0.3 is 12.6 Å². The second kappa shape index (κ2) is 8.62. The van der Waals surface area contributed by atoms with Crippen LogP contribution in [-0.4, -0.2) is 32.2 Å². The summed E-state index contributed by atoms with van der Waals surface area (Å²) in [6.45, 7) is -3.40. The third kappa shape index (κ3) is 5.76. The van der Waals surface area contributed by atoms with Crippen LogP contribution in [0.1, 0.15) is 10.4 Å². The Morgan fingerprint density at radius 3 is 2.16 bits per heavy atom. The van der Waals surface area contributed by atoms with Gasteiger partial charge in [-0.2, -0.15) is 8.78 Å². The molecule has 0 saturated carbocycles. The van der Waals surface area contributed by atoms with Gasteiger partial charge in [0.25, 0.3) is 5.91 Å². The van der Waals surface area contributed by atoms with E-state index in [-0.39, 0.29) is 11.3 Å². The van der Waals surface area contributed by atoms with Gasteiger partial charge in [0.2, 0.25) is 0 Å². The van der Waals surface area contributed by atoms with E-state index in [1.807, 2.05) is 0 Å². The van der Waals surface area contributed by atoms with E-state index in [0.717, 1.165) is 0 Å². The molecule has 0 radical (unpaired) electrons. The van der Waals surface area contributed by atoms with Gasteiger partial charge in [0.1, 0.15) is 11.5 Å². The molecule has 0 fully saturated rings. The average molecular weight is 351 g/mol. The van der Waals surface area contributed by atoms with Gasteiger partial charge in [-0.25, -0.2) is 4.79 Å². The molecule has 0 saturated heterocycles. The quantitative estimate of drug-likeness (QED) is 0.776. The molecule has 6 nitrogen and oxygen atoms in total. The summed E-state index contributed by atoms with van der Waals surface area (Å²) in [5, 5.41) is 2.47. The lowest BCUT2D eigenvalue weighted by molar-refractivity contribution is -0.119. The predicted molar refractivity (Wildman–Crippen MR) is 85.0 cm³/mol. The van der Waals surface area contributed by atoms with Crippen LogP contribution in [0.5, 0.6) is 11.5 Å². The van der Waals surface area contributed by atoms with Crippen LogP contribution in [0.4, 0.5) is 14.5 Å². The van der Waals surface area contributed by atoms with E-state index < -0.39 is 25.1 Å². The molecule has 0 atom stereocenters. The van der Waals surface area contributed by atoms with Crippen LogP contribution in [0, 0.1) is 0 Å². The first-order valence-electron chi connectivity index (χ1n) is 7.14. The summed E-state index contributed by atoms with van der Waals surface area (Å²) in [5.74, 6) is -0.657. The first kappa shape index (κ1) is 18.2. The highest BCUT2D eigenvalue weighted by atomic mass is 19.3. The van der Waals surface area contributed by atoms with Crippen LogP contribution in [0.25, 0.3) is 0 Å².